The molecule has 3 N–H and O–H groups in total. The average Bonchev–Trinajstić information content (AvgIpc) is 2.72. The largest absolute Gasteiger partial charge is 0.465 e. The Morgan fingerprint density at radius 3 is 2.52 bits per heavy atom. The molecule has 2 aromatic heterocycles. The molecule has 1 saturated carbocycles. The second-order valence-corrected chi connectivity index (χ2v) is 7.65. The van der Waals surface area contributed by atoms with E-state index < -0.39 is 6.09 Å². The van der Waals surface area contributed by atoms with Crippen LogP contribution in [0.25, 0.3) is 11.2 Å². The maximum atomic E-state index is 12.3. The van der Waals surface area contributed by atoms with Gasteiger partial charge in [-0.15, -0.1) is 0 Å². The van der Waals surface area contributed by atoms with Crippen LogP contribution in [0.3, 0.4) is 0 Å². The van der Waals surface area contributed by atoms with Gasteiger partial charge in [-0.1, -0.05) is 20.8 Å². The number of anilines is 2. The molecule has 2 aromatic rings. The lowest BCUT2D eigenvalue weighted by Gasteiger charge is -2.28. The summed E-state index contributed by atoms with van der Waals surface area (Å²) >= 11 is 0. The van der Waals surface area contributed by atoms with Gasteiger partial charge >= 0.3 is 6.09 Å². The summed E-state index contributed by atoms with van der Waals surface area (Å²) in [4.78, 5) is 32.0. The van der Waals surface area contributed by atoms with Crippen molar-refractivity contribution in [2.24, 2.45) is 5.41 Å². The number of hydrogen-bond acceptors (Lipinski definition) is 4. The number of nitrogens with zero attached hydrogens (tertiary/aromatic N) is 3. The molecular weight excluding hydrogens is 322 g/mol. The SMILES string of the molecule is CC(C)(C)CC(=O)Nc1nc2ccc(NC(=O)O)nc2n1C1CCC1. The third-order valence-corrected chi connectivity index (χ3v) is 4.15. The number of amides is 2. The fourth-order valence-corrected chi connectivity index (χ4v) is 2.88. The van der Waals surface area contributed by atoms with E-state index in [0.29, 0.717) is 23.5 Å². The number of carboxylic acid groups (broad SMARTS) is 1. The summed E-state index contributed by atoms with van der Waals surface area (Å²) < 4.78 is 1.92. The summed E-state index contributed by atoms with van der Waals surface area (Å²) in [6.07, 6.45) is 2.32. The highest BCUT2D eigenvalue weighted by Gasteiger charge is 2.27. The molecule has 0 atom stereocenters. The zero-order valence-corrected chi connectivity index (χ0v) is 14.7. The number of nitrogens with one attached hydrogen (secondary N) is 2. The topological polar surface area (TPSA) is 109 Å². The number of carbonyl (C=O) groups is 2. The molecule has 8 heteroatoms. The summed E-state index contributed by atoms with van der Waals surface area (Å²) in [5.74, 6) is 0.634. The smallest absolute Gasteiger partial charge is 0.410 e. The van der Waals surface area contributed by atoms with E-state index in [4.69, 9.17) is 5.11 Å². The first-order chi connectivity index (χ1) is 11.7. The molecule has 0 unspecified atom stereocenters. The van der Waals surface area contributed by atoms with Crippen LogP contribution in [0.5, 0.6) is 0 Å². The van der Waals surface area contributed by atoms with Crippen LogP contribution in [-0.2, 0) is 4.79 Å². The molecule has 1 aliphatic rings. The predicted octanol–water partition coefficient (Wildman–Crippen LogP) is 3.62. The number of rotatable bonds is 4. The zero-order chi connectivity index (χ0) is 18.2. The number of carbonyl (C=O) groups excluding carboxylic acids is 1. The van der Waals surface area contributed by atoms with Crippen LogP contribution in [0.2, 0.25) is 0 Å². The zero-order valence-electron chi connectivity index (χ0n) is 14.7. The summed E-state index contributed by atoms with van der Waals surface area (Å²) in [7, 11) is 0. The molecule has 8 nitrogen and oxygen atoms in total. The molecule has 0 aromatic carbocycles. The van der Waals surface area contributed by atoms with Crippen molar-refractivity contribution in [1.29, 1.82) is 0 Å². The summed E-state index contributed by atoms with van der Waals surface area (Å²) in [5, 5.41) is 14.0. The lowest BCUT2D eigenvalue weighted by molar-refractivity contribution is -0.117. The fraction of sp³-hybridized carbons (Fsp3) is 0.529. The number of aromatic nitrogens is 3. The Labute approximate surface area is 145 Å². The Morgan fingerprint density at radius 2 is 1.96 bits per heavy atom. The van der Waals surface area contributed by atoms with Gasteiger partial charge in [0, 0.05) is 12.5 Å². The van der Waals surface area contributed by atoms with E-state index >= 15 is 0 Å². The van der Waals surface area contributed by atoms with E-state index in [1.165, 1.54) is 0 Å². The van der Waals surface area contributed by atoms with Crippen LogP contribution in [0.1, 0.15) is 52.5 Å². The van der Waals surface area contributed by atoms with Crippen LogP contribution in [-0.4, -0.2) is 31.6 Å². The van der Waals surface area contributed by atoms with E-state index in [2.05, 4.69) is 20.6 Å². The van der Waals surface area contributed by atoms with Gasteiger partial charge in [-0.25, -0.2) is 14.8 Å². The van der Waals surface area contributed by atoms with Crippen molar-refractivity contribution >= 4 is 34.9 Å². The van der Waals surface area contributed by atoms with Crippen molar-refractivity contribution in [2.75, 3.05) is 10.6 Å². The Bertz CT molecular complexity index is 818. The van der Waals surface area contributed by atoms with Crippen molar-refractivity contribution in [2.45, 2.75) is 52.5 Å². The Kier molecular flexibility index (Phi) is 4.36. The second kappa shape index (κ2) is 6.34. The maximum Gasteiger partial charge on any atom is 0.410 e. The molecule has 25 heavy (non-hydrogen) atoms. The molecule has 2 heterocycles. The molecule has 0 spiro atoms. The number of pyridine rings is 1. The maximum absolute atomic E-state index is 12.3. The van der Waals surface area contributed by atoms with Crippen molar-refractivity contribution < 1.29 is 14.7 Å². The number of hydrogen-bond donors (Lipinski definition) is 3. The molecular formula is C17H23N5O3. The molecule has 1 aliphatic carbocycles. The van der Waals surface area contributed by atoms with Gasteiger partial charge < -0.3 is 5.11 Å². The first-order valence-corrected chi connectivity index (χ1v) is 8.42. The molecule has 0 radical (unpaired) electrons. The van der Waals surface area contributed by atoms with Crippen molar-refractivity contribution in [3.63, 3.8) is 0 Å². The highest BCUT2D eigenvalue weighted by Crippen LogP contribution is 2.37. The van der Waals surface area contributed by atoms with Crippen molar-refractivity contribution in [3.05, 3.63) is 12.1 Å². The fourth-order valence-electron chi connectivity index (χ4n) is 2.88. The van der Waals surface area contributed by atoms with E-state index in [1.807, 2.05) is 25.3 Å². The van der Waals surface area contributed by atoms with Crippen LogP contribution in [0, 0.1) is 5.41 Å². The highest BCUT2D eigenvalue weighted by molar-refractivity contribution is 5.92. The van der Waals surface area contributed by atoms with Crippen molar-refractivity contribution in [1.82, 2.24) is 14.5 Å². The summed E-state index contributed by atoms with van der Waals surface area (Å²) in [5.41, 5.74) is 1.10. The molecule has 3 rings (SSSR count). The van der Waals surface area contributed by atoms with Crippen LogP contribution >= 0.6 is 0 Å². The first kappa shape index (κ1) is 17.2. The normalized spacial score (nSPS) is 15.0. The van der Waals surface area contributed by atoms with Crippen LogP contribution < -0.4 is 10.6 Å². The van der Waals surface area contributed by atoms with Gasteiger partial charge in [-0.2, -0.15) is 0 Å². The summed E-state index contributed by atoms with van der Waals surface area (Å²) in [6, 6.07) is 3.50. The predicted molar refractivity (Wildman–Crippen MR) is 94.8 cm³/mol. The van der Waals surface area contributed by atoms with Crippen molar-refractivity contribution in [3.8, 4) is 0 Å². The van der Waals surface area contributed by atoms with E-state index in [0.717, 1.165) is 19.3 Å². The number of fused-ring (bicyclic) bond motifs is 1. The molecule has 0 aliphatic heterocycles. The average molecular weight is 345 g/mol. The first-order valence-electron chi connectivity index (χ1n) is 8.42. The van der Waals surface area contributed by atoms with Crippen LogP contribution in [0.4, 0.5) is 16.6 Å². The Morgan fingerprint density at radius 1 is 1.24 bits per heavy atom. The molecule has 2 amide bonds. The Balaban J connectivity index is 1.96. The second-order valence-electron chi connectivity index (χ2n) is 7.65. The van der Waals surface area contributed by atoms with Gasteiger partial charge in [-0.05, 0) is 36.8 Å². The number of imidazole rings is 1. The van der Waals surface area contributed by atoms with E-state index in [9.17, 15) is 9.59 Å². The third kappa shape index (κ3) is 3.89. The van der Waals surface area contributed by atoms with E-state index in [1.54, 1.807) is 12.1 Å². The molecule has 1 fully saturated rings. The molecule has 0 saturated heterocycles. The standard InChI is InChI=1S/C17H23N5O3/c1-17(2,3)9-13(23)21-15-18-11-7-8-12(20-16(24)25)19-14(11)22(15)10-5-4-6-10/h7-8,10H,4-6,9H2,1-3H3,(H,19,20)(H,24,25)(H,18,21,23). The van der Waals surface area contributed by atoms with Gasteiger partial charge in [0.2, 0.25) is 11.9 Å². The van der Waals surface area contributed by atoms with Gasteiger partial charge in [0.25, 0.3) is 0 Å². The third-order valence-electron chi connectivity index (χ3n) is 4.15. The van der Waals surface area contributed by atoms with Gasteiger partial charge in [0.05, 0.1) is 0 Å². The monoisotopic (exact) mass is 345 g/mol. The van der Waals surface area contributed by atoms with Gasteiger partial charge in [-0.3, -0.25) is 20.0 Å². The minimum absolute atomic E-state index is 0.0905. The Hall–Kier alpha value is -2.64. The van der Waals surface area contributed by atoms with E-state index in [-0.39, 0.29) is 23.2 Å². The molecule has 134 valence electrons. The van der Waals surface area contributed by atoms with Crippen LogP contribution in [0.15, 0.2) is 12.1 Å². The highest BCUT2D eigenvalue weighted by atomic mass is 16.4. The molecule has 0 bridgehead atoms. The quantitative estimate of drug-likeness (QED) is 0.784. The minimum Gasteiger partial charge on any atom is -0.465 e. The lowest BCUT2D eigenvalue weighted by atomic mass is 9.92. The summed E-state index contributed by atoms with van der Waals surface area (Å²) in [6.45, 7) is 6.02. The van der Waals surface area contributed by atoms with Gasteiger partial charge in [0.1, 0.15) is 11.3 Å². The minimum atomic E-state index is -1.17. The van der Waals surface area contributed by atoms with Gasteiger partial charge in [0.15, 0.2) is 5.65 Å². The lowest BCUT2D eigenvalue weighted by Crippen LogP contribution is -2.24.